The van der Waals surface area contributed by atoms with Crippen LogP contribution >= 0.6 is 0 Å². The Morgan fingerprint density at radius 3 is 2.53 bits per heavy atom. The number of likely N-dealkylation sites (tertiary alicyclic amines) is 1. The number of carbonyl (C=O) groups is 1. The third-order valence-corrected chi connectivity index (χ3v) is 4.05. The average Bonchev–Trinajstić information content (AvgIpc) is 2.89. The molecule has 1 heterocycles. The van der Waals surface area contributed by atoms with Crippen LogP contribution < -0.4 is 10.5 Å². The molecule has 0 aromatic heterocycles. The van der Waals surface area contributed by atoms with Crippen LogP contribution in [-0.4, -0.2) is 38.9 Å². The van der Waals surface area contributed by atoms with E-state index in [9.17, 15) is 13.2 Å². The third kappa shape index (κ3) is 3.45. The van der Waals surface area contributed by atoms with Crippen molar-refractivity contribution in [3.63, 3.8) is 0 Å². The zero-order valence-electron chi connectivity index (χ0n) is 10.5. The van der Waals surface area contributed by atoms with Gasteiger partial charge in [-0.2, -0.15) is 0 Å². The standard InChI is InChI=1S/C12H17N3O3S/c13-19(17,18)11-6-2-1-5-10(11)14-9-12(16)15-7-3-4-8-15/h1-2,5-6,14H,3-4,7-9H2,(H2,13,17,18). The van der Waals surface area contributed by atoms with E-state index in [1.165, 1.54) is 6.07 Å². The third-order valence-electron chi connectivity index (χ3n) is 3.08. The molecule has 1 amide bonds. The maximum Gasteiger partial charge on any atom is 0.241 e. The van der Waals surface area contributed by atoms with E-state index >= 15 is 0 Å². The number of carbonyl (C=O) groups excluding carboxylic acids is 1. The number of benzene rings is 1. The van der Waals surface area contributed by atoms with Gasteiger partial charge in [0.1, 0.15) is 4.90 Å². The number of rotatable bonds is 4. The van der Waals surface area contributed by atoms with Gasteiger partial charge in [-0.05, 0) is 25.0 Å². The van der Waals surface area contributed by atoms with E-state index in [0.29, 0.717) is 5.69 Å². The molecule has 0 unspecified atom stereocenters. The monoisotopic (exact) mass is 283 g/mol. The molecule has 1 aliphatic heterocycles. The summed E-state index contributed by atoms with van der Waals surface area (Å²) in [6.45, 7) is 1.63. The van der Waals surface area contributed by atoms with Crippen molar-refractivity contribution in [2.75, 3.05) is 25.0 Å². The molecular formula is C12H17N3O3S. The largest absolute Gasteiger partial charge is 0.375 e. The predicted octanol–water partition coefficient (Wildman–Crippen LogP) is 0.368. The number of amides is 1. The van der Waals surface area contributed by atoms with Crippen molar-refractivity contribution < 1.29 is 13.2 Å². The van der Waals surface area contributed by atoms with Gasteiger partial charge in [-0.25, -0.2) is 13.6 Å². The molecular weight excluding hydrogens is 266 g/mol. The summed E-state index contributed by atoms with van der Waals surface area (Å²) in [5.41, 5.74) is 0.359. The predicted molar refractivity (Wildman–Crippen MR) is 72.1 cm³/mol. The van der Waals surface area contributed by atoms with E-state index in [1.54, 1.807) is 23.1 Å². The number of hydrogen-bond donors (Lipinski definition) is 2. The molecule has 3 N–H and O–H groups in total. The lowest BCUT2D eigenvalue weighted by atomic mass is 10.3. The minimum Gasteiger partial charge on any atom is -0.375 e. The number of nitrogens with one attached hydrogen (secondary N) is 1. The molecule has 0 saturated carbocycles. The zero-order valence-corrected chi connectivity index (χ0v) is 11.3. The molecule has 0 spiro atoms. The summed E-state index contributed by atoms with van der Waals surface area (Å²) in [6.07, 6.45) is 2.05. The Balaban J connectivity index is 2.05. The number of primary sulfonamides is 1. The van der Waals surface area contributed by atoms with E-state index in [-0.39, 0.29) is 17.3 Å². The second-order valence-corrected chi connectivity index (χ2v) is 6.01. The molecule has 1 fully saturated rings. The van der Waals surface area contributed by atoms with Gasteiger partial charge >= 0.3 is 0 Å². The quantitative estimate of drug-likeness (QED) is 0.835. The number of nitrogens with zero attached hydrogens (tertiary/aromatic N) is 1. The first kappa shape index (κ1) is 13.8. The number of anilines is 1. The molecule has 1 aliphatic rings. The number of nitrogens with two attached hydrogens (primary N) is 1. The van der Waals surface area contributed by atoms with Gasteiger partial charge in [0.05, 0.1) is 12.2 Å². The summed E-state index contributed by atoms with van der Waals surface area (Å²) in [5, 5.41) is 7.97. The normalized spacial score (nSPS) is 15.5. The molecule has 0 aliphatic carbocycles. The molecule has 19 heavy (non-hydrogen) atoms. The smallest absolute Gasteiger partial charge is 0.241 e. The summed E-state index contributed by atoms with van der Waals surface area (Å²) >= 11 is 0. The Morgan fingerprint density at radius 1 is 1.26 bits per heavy atom. The Morgan fingerprint density at radius 2 is 1.89 bits per heavy atom. The Labute approximate surface area is 112 Å². The highest BCUT2D eigenvalue weighted by molar-refractivity contribution is 7.89. The van der Waals surface area contributed by atoms with Crippen molar-refractivity contribution in [3.05, 3.63) is 24.3 Å². The summed E-state index contributed by atoms with van der Waals surface area (Å²) in [4.78, 5) is 13.6. The molecule has 0 bridgehead atoms. The second kappa shape index (κ2) is 5.58. The van der Waals surface area contributed by atoms with Crippen LogP contribution in [-0.2, 0) is 14.8 Å². The first-order valence-corrected chi connectivity index (χ1v) is 7.66. The van der Waals surface area contributed by atoms with Gasteiger partial charge < -0.3 is 10.2 Å². The highest BCUT2D eigenvalue weighted by atomic mass is 32.2. The molecule has 104 valence electrons. The van der Waals surface area contributed by atoms with Crippen LogP contribution in [0, 0.1) is 0 Å². The molecule has 2 rings (SSSR count). The van der Waals surface area contributed by atoms with Crippen molar-refractivity contribution in [1.29, 1.82) is 0 Å². The molecule has 0 radical (unpaired) electrons. The first-order chi connectivity index (χ1) is 8.98. The van der Waals surface area contributed by atoms with Gasteiger partial charge in [-0.15, -0.1) is 0 Å². The average molecular weight is 283 g/mol. The number of hydrogen-bond acceptors (Lipinski definition) is 4. The molecule has 1 aromatic carbocycles. The summed E-state index contributed by atoms with van der Waals surface area (Å²) in [5.74, 6) is -0.0262. The van der Waals surface area contributed by atoms with Gasteiger partial charge in [0.2, 0.25) is 15.9 Å². The fraction of sp³-hybridized carbons (Fsp3) is 0.417. The molecule has 7 heteroatoms. The maximum atomic E-state index is 11.9. The van der Waals surface area contributed by atoms with Gasteiger partial charge in [-0.3, -0.25) is 4.79 Å². The van der Waals surface area contributed by atoms with Gasteiger partial charge in [-0.1, -0.05) is 12.1 Å². The van der Waals surface area contributed by atoms with Crippen molar-refractivity contribution in [2.24, 2.45) is 5.14 Å². The van der Waals surface area contributed by atoms with E-state index in [2.05, 4.69) is 5.32 Å². The SMILES string of the molecule is NS(=O)(=O)c1ccccc1NCC(=O)N1CCCC1. The van der Waals surface area contributed by atoms with Crippen LogP contribution in [0.15, 0.2) is 29.2 Å². The van der Waals surface area contributed by atoms with E-state index < -0.39 is 10.0 Å². The van der Waals surface area contributed by atoms with Crippen molar-refractivity contribution >= 4 is 21.6 Å². The fourth-order valence-corrected chi connectivity index (χ4v) is 2.82. The van der Waals surface area contributed by atoms with Crippen LogP contribution in [0.1, 0.15) is 12.8 Å². The lowest BCUT2D eigenvalue weighted by molar-refractivity contribution is -0.128. The Kier molecular flexibility index (Phi) is 4.06. The van der Waals surface area contributed by atoms with Crippen molar-refractivity contribution in [1.82, 2.24) is 4.90 Å². The molecule has 6 nitrogen and oxygen atoms in total. The summed E-state index contributed by atoms with van der Waals surface area (Å²) < 4.78 is 22.8. The second-order valence-electron chi connectivity index (χ2n) is 4.48. The first-order valence-electron chi connectivity index (χ1n) is 6.12. The van der Waals surface area contributed by atoms with Crippen LogP contribution in [0.4, 0.5) is 5.69 Å². The summed E-state index contributed by atoms with van der Waals surface area (Å²) in [7, 11) is -3.79. The minimum absolute atomic E-state index is 0.00391. The zero-order chi connectivity index (χ0) is 13.9. The Bertz CT molecular complexity index is 565. The van der Waals surface area contributed by atoms with Gasteiger partial charge in [0.15, 0.2) is 0 Å². The van der Waals surface area contributed by atoms with E-state index in [4.69, 9.17) is 5.14 Å². The van der Waals surface area contributed by atoms with Crippen molar-refractivity contribution in [2.45, 2.75) is 17.7 Å². The van der Waals surface area contributed by atoms with Gasteiger partial charge in [0.25, 0.3) is 0 Å². The highest BCUT2D eigenvalue weighted by Gasteiger charge is 2.18. The number of sulfonamides is 1. The maximum absolute atomic E-state index is 11.9. The fourth-order valence-electron chi connectivity index (χ4n) is 2.11. The van der Waals surface area contributed by atoms with Gasteiger partial charge in [0, 0.05) is 13.1 Å². The minimum atomic E-state index is -3.79. The van der Waals surface area contributed by atoms with Crippen LogP contribution in [0.2, 0.25) is 0 Å². The molecule has 0 atom stereocenters. The van der Waals surface area contributed by atoms with E-state index in [0.717, 1.165) is 25.9 Å². The van der Waals surface area contributed by atoms with Crippen LogP contribution in [0.3, 0.4) is 0 Å². The molecule has 1 aromatic rings. The van der Waals surface area contributed by atoms with E-state index in [1.807, 2.05) is 0 Å². The topological polar surface area (TPSA) is 92.5 Å². The van der Waals surface area contributed by atoms with Crippen LogP contribution in [0.25, 0.3) is 0 Å². The summed E-state index contributed by atoms with van der Waals surface area (Å²) in [6, 6.07) is 6.29. The molecule has 1 saturated heterocycles. The lowest BCUT2D eigenvalue weighted by Crippen LogP contribution is -2.33. The van der Waals surface area contributed by atoms with Crippen LogP contribution in [0.5, 0.6) is 0 Å². The Hall–Kier alpha value is -1.60. The highest BCUT2D eigenvalue weighted by Crippen LogP contribution is 2.19. The lowest BCUT2D eigenvalue weighted by Gasteiger charge is -2.16. The van der Waals surface area contributed by atoms with Crippen molar-refractivity contribution in [3.8, 4) is 0 Å². The number of para-hydroxylation sites is 1.